The minimum atomic E-state index is -1.05. The first-order chi connectivity index (χ1) is 8.49. The highest BCUT2D eigenvalue weighted by atomic mass is 16.5. The molecule has 1 heterocycles. The zero-order chi connectivity index (χ0) is 13.4. The first kappa shape index (κ1) is 12.4. The number of aliphatic carboxylic acids is 1. The highest BCUT2D eigenvalue weighted by Gasteiger charge is 2.24. The van der Waals surface area contributed by atoms with Crippen LogP contribution in [0.15, 0.2) is 18.2 Å². The van der Waals surface area contributed by atoms with E-state index >= 15 is 0 Å². The summed E-state index contributed by atoms with van der Waals surface area (Å²) < 4.78 is 7.23. The predicted molar refractivity (Wildman–Crippen MR) is 68.8 cm³/mol. The van der Waals surface area contributed by atoms with E-state index in [0.29, 0.717) is 11.3 Å². The number of carboxylic acids is 1. The number of benzene rings is 1. The zero-order valence-corrected chi connectivity index (χ0v) is 10.6. The van der Waals surface area contributed by atoms with Gasteiger partial charge in [0.15, 0.2) is 0 Å². The van der Waals surface area contributed by atoms with Crippen molar-refractivity contribution in [3.63, 3.8) is 0 Å². The summed E-state index contributed by atoms with van der Waals surface area (Å²) in [5, 5.41) is 9.89. The lowest BCUT2D eigenvalue weighted by Crippen LogP contribution is -2.21. The van der Waals surface area contributed by atoms with Gasteiger partial charge in [-0.25, -0.2) is 0 Å². The molecule has 96 valence electrons. The molecule has 0 aliphatic heterocycles. The quantitative estimate of drug-likeness (QED) is 0.864. The molecule has 5 heteroatoms. The number of ether oxygens (including phenoxy) is 1. The number of fused-ring (bicyclic) bond motifs is 1. The van der Waals surface area contributed by atoms with E-state index in [4.69, 9.17) is 15.6 Å². The molecular formula is C13H16N2O3. The topological polar surface area (TPSA) is 77.5 Å². The number of aryl methyl sites for hydroxylation is 1. The number of carbonyl (C=O) groups is 1. The number of nitrogens with zero attached hydrogens (tertiary/aromatic N) is 1. The molecule has 0 fully saturated rings. The van der Waals surface area contributed by atoms with Crippen LogP contribution in [0.5, 0.6) is 5.75 Å². The minimum absolute atomic E-state index is 0.609. The molecule has 0 amide bonds. The Morgan fingerprint density at radius 2 is 2.17 bits per heavy atom. The van der Waals surface area contributed by atoms with Crippen molar-refractivity contribution in [3.8, 4) is 5.75 Å². The van der Waals surface area contributed by atoms with Crippen LogP contribution in [0.2, 0.25) is 0 Å². The third-order valence-electron chi connectivity index (χ3n) is 3.32. The second-order valence-electron chi connectivity index (χ2n) is 4.23. The van der Waals surface area contributed by atoms with Gasteiger partial charge in [0.05, 0.1) is 12.6 Å². The fourth-order valence-electron chi connectivity index (χ4n) is 2.29. The number of methoxy groups -OCH3 is 1. The molecule has 0 aliphatic rings. The van der Waals surface area contributed by atoms with Gasteiger partial charge in [0.25, 0.3) is 0 Å². The van der Waals surface area contributed by atoms with E-state index in [-0.39, 0.29) is 0 Å². The van der Waals surface area contributed by atoms with Crippen LogP contribution in [0, 0.1) is 6.92 Å². The molecule has 0 radical (unpaired) electrons. The van der Waals surface area contributed by atoms with Gasteiger partial charge in [-0.1, -0.05) is 6.07 Å². The van der Waals surface area contributed by atoms with Crippen LogP contribution >= 0.6 is 0 Å². The van der Waals surface area contributed by atoms with Crippen molar-refractivity contribution in [2.75, 3.05) is 7.11 Å². The van der Waals surface area contributed by atoms with E-state index in [1.165, 1.54) is 0 Å². The molecule has 2 aromatic rings. The highest BCUT2D eigenvalue weighted by Crippen LogP contribution is 2.35. The van der Waals surface area contributed by atoms with Crippen LogP contribution in [-0.4, -0.2) is 22.8 Å². The number of aromatic nitrogens is 1. The highest BCUT2D eigenvalue weighted by molar-refractivity contribution is 5.95. The Bertz CT molecular complexity index is 616. The maximum Gasteiger partial charge on any atom is 0.325 e. The number of nitrogens with two attached hydrogens (primary N) is 1. The van der Waals surface area contributed by atoms with Gasteiger partial charge in [0.2, 0.25) is 0 Å². The second-order valence-corrected chi connectivity index (χ2v) is 4.23. The predicted octanol–water partition coefficient (Wildman–Crippen LogP) is 1.58. The average Bonchev–Trinajstić information content (AvgIpc) is 2.61. The summed E-state index contributed by atoms with van der Waals surface area (Å²) >= 11 is 0. The molecule has 1 unspecified atom stereocenters. The van der Waals surface area contributed by atoms with Crippen LogP contribution in [0.4, 0.5) is 0 Å². The van der Waals surface area contributed by atoms with Crippen LogP contribution in [0.1, 0.15) is 17.3 Å². The van der Waals surface area contributed by atoms with Gasteiger partial charge in [-0.15, -0.1) is 0 Å². The molecule has 5 nitrogen and oxygen atoms in total. The van der Waals surface area contributed by atoms with Crippen molar-refractivity contribution in [1.29, 1.82) is 0 Å². The maximum absolute atomic E-state index is 11.1. The average molecular weight is 248 g/mol. The Kier molecular flexibility index (Phi) is 3.00. The molecule has 3 N–H and O–H groups in total. The summed E-state index contributed by atoms with van der Waals surface area (Å²) in [6.07, 6.45) is 0. The third kappa shape index (κ3) is 1.64. The van der Waals surface area contributed by atoms with Gasteiger partial charge in [-0.2, -0.15) is 0 Å². The van der Waals surface area contributed by atoms with E-state index in [9.17, 15) is 4.79 Å². The van der Waals surface area contributed by atoms with Gasteiger partial charge in [0.1, 0.15) is 11.8 Å². The van der Waals surface area contributed by atoms with Crippen LogP contribution in [0.25, 0.3) is 10.9 Å². The summed E-state index contributed by atoms with van der Waals surface area (Å²) in [6.45, 7) is 1.86. The molecule has 0 aliphatic carbocycles. The molecule has 0 bridgehead atoms. The van der Waals surface area contributed by atoms with Gasteiger partial charge >= 0.3 is 5.97 Å². The Hall–Kier alpha value is -2.01. The first-order valence-corrected chi connectivity index (χ1v) is 5.59. The number of rotatable bonds is 3. The van der Waals surface area contributed by atoms with Crippen LogP contribution in [-0.2, 0) is 11.8 Å². The van der Waals surface area contributed by atoms with E-state index in [0.717, 1.165) is 16.6 Å². The van der Waals surface area contributed by atoms with Crippen molar-refractivity contribution in [1.82, 2.24) is 4.57 Å². The van der Waals surface area contributed by atoms with Gasteiger partial charge in [-0.3, -0.25) is 4.79 Å². The van der Waals surface area contributed by atoms with E-state index in [2.05, 4.69) is 0 Å². The summed E-state index contributed by atoms with van der Waals surface area (Å²) in [7, 11) is 3.45. The van der Waals surface area contributed by atoms with E-state index in [1.54, 1.807) is 13.2 Å². The molecule has 1 aromatic carbocycles. The smallest absolute Gasteiger partial charge is 0.325 e. The number of hydrogen-bond donors (Lipinski definition) is 2. The third-order valence-corrected chi connectivity index (χ3v) is 3.32. The van der Waals surface area contributed by atoms with Crippen LogP contribution in [0.3, 0.4) is 0 Å². The standard InChI is InChI=1S/C13H16N2O3/c1-7-10(12(14)13(16)17)11-8(15(7)2)5-4-6-9(11)18-3/h4-6,12H,14H2,1-3H3,(H,16,17). The molecular weight excluding hydrogens is 232 g/mol. The van der Waals surface area contributed by atoms with Crippen molar-refractivity contribution in [2.24, 2.45) is 12.8 Å². The van der Waals surface area contributed by atoms with Crippen molar-refractivity contribution >= 4 is 16.9 Å². The lowest BCUT2D eigenvalue weighted by molar-refractivity contribution is -0.138. The second kappa shape index (κ2) is 4.34. The minimum Gasteiger partial charge on any atom is -0.496 e. The van der Waals surface area contributed by atoms with E-state index in [1.807, 2.05) is 30.7 Å². The molecule has 0 spiro atoms. The zero-order valence-electron chi connectivity index (χ0n) is 10.6. The van der Waals surface area contributed by atoms with E-state index < -0.39 is 12.0 Å². The van der Waals surface area contributed by atoms with Gasteiger partial charge in [0, 0.05) is 23.7 Å². The monoisotopic (exact) mass is 248 g/mol. The van der Waals surface area contributed by atoms with Crippen molar-refractivity contribution in [2.45, 2.75) is 13.0 Å². The summed E-state index contributed by atoms with van der Waals surface area (Å²) in [5.41, 5.74) is 8.13. The van der Waals surface area contributed by atoms with Crippen molar-refractivity contribution in [3.05, 3.63) is 29.5 Å². The Morgan fingerprint density at radius 3 is 2.72 bits per heavy atom. The number of hydrogen-bond acceptors (Lipinski definition) is 3. The van der Waals surface area contributed by atoms with Gasteiger partial charge in [-0.05, 0) is 19.1 Å². The molecule has 2 rings (SSSR count). The van der Waals surface area contributed by atoms with Gasteiger partial charge < -0.3 is 20.1 Å². The Labute approximate surface area is 105 Å². The number of carboxylic acid groups (broad SMARTS) is 1. The van der Waals surface area contributed by atoms with Crippen LogP contribution < -0.4 is 10.5 Å². The molecule has 18 heavy (non-hydrogen) atoms. The molecule has 0 saturated heterocycles. The largest absolute Gasteiger partial charge is 0.496 e. The summed E-state index contributed by atoms with van der Waals surface area (Å²) in [6, 6.07) is 4.55. The molecule has 0 saturated carbocycles. The lowest BCUT2D eigenvalue weighted by atomic mass is 10.0. The van der Waals surface area contributed by atoms with Crippen molar-refractivity contribution < 1.29 is 14.6 Å². The fraction of sp³-hybridized carbons (Fsp3) is 0.308. The normalized spacial score (nSPS) is 12.7. The molecule has 1 atom stereocenters. The Morgan fingerprint density at radius 1 is 1.50 bits per heavy atom. The first-order valence-electron chi connectivity index (χ1n) is 5.59. The fourth-order valence-corrected chi connectivity index (χ4v) is 2.29. The SMILES string of the molecule is COc1cccc2c1c(C(N)C(=O)O)c(C)n2C. The molecule has 1 aromatic heterocycles. The lowest BCUT2D eigenvalue weighted by Gasteiger charge is -2.09. The summed E-state index contributed by atoms with van der Waals surface area (Å²) in [4.78, 5) is 11.1. The maximum atomic E-state index is 11.1. The Balaban J connectivity index is 2.87. The summed E-state index contributed by atoms with van der Waals surface area (Å²) in [5.74, 6) is -0.403.